The van der Waals surface area contributed by atoms with E-state index in [1.165, 1.54) is 0 Å². The van der Waals surface area contributed by atoms with Crippen LogP contribution in [0.25, 0.3) is 0 Å². The smallest absolute Gasteiger partial charge is 0.320 e. The van der Waals surface area contributed by atoms with E-state index in [9.17, 15) is 4.79 Å². The number of urea groups is 1. The van der Waals surface area contributed by atoms with E-state index in [1.54, 1.807) is 18.3 Å². The van der Waals surface area contributed by atoms with Crippen LogP contribution in [0.1, 0.15) is 18.4 Å². The maximum atomic E-state index is 11.9. The van der Waals surface area contributed by atoms with Gasteiger partial charge in [0.2, 0.25) is 0 Å². The number of hydrogen-bond acceptors (Lipinski definition) is 4. The Morgan fingerprint density at radius 2 is 1.96 bits per heavy atom. The summed E-state index contributed by atoms with van der Waals surface area (Å²) >= 11 is 0. The third kappa shape index (κ3) is 5.46. The van der Waals surface area contributed by atoms with Crippen LogP contribution in [0.3, 0.4) is 0 Å². The number of carbonyl (C=O) groups is 1. The standard InChI is InChI=1S/C19H24N4O2/c1-23-12-9-17(10-13-23)25-16-7-5-15(6-8-16)14-21-19(24)22-18-4-2-3-11-20-18/h2-8,11,17H,9-10,12-14H2,1H3,(H2,20,21,22,24). The number of aromatic nitrogens is 1. The predicted octanol–water partition coefficient (Wildman–Crippen LogP) is 2.88. The normalized spacial score (nSPS) is 15.6. The number of carbonyl (C=O) groups excluding carboxylic acids is 1. The number of pyridine rings is 1. The van der Waals surface area contributed by atoms with Crippen LogP contribution in [0, 0.1) is 0 Å². The first-order valence-electron chi connectivity index (χ1n) is 8.59. The molecule has 2 N–H and O–H groups in total. The van der Waals surface area contributed by atoms with Crippen molar-refractivity contribution in [3.8, 4) is 5.75 Å². The Morgan fingerprint density at radius 3 is 2.64 bits per heavy atom. The van der Waals surface area contributed by atoms with Gasteiger partial charge in [0, 0.05) is 25.8 Å². The summed E-state index contributed by atoms with van der Waals surface area (Å²) in [5.74, 6) is 1.41. The zero-order chi connectivity index (χ0) is 17.5. The first-order valence-corrected chi connectivity index (χ1v) is 8.59. The molecular formula is C19H24N4O2. The van der Waals surface area contributed by atoms with Crippen molar-refractivity contribution in [3.05, 3.63) is 54.2 Å². The van der Waals surface area contributed by atoms with Gasteiger partial charge in [-0.2, -0.15) is 0 Å². The number of amides is 2. The van der Waals surface area contributed by atoms with E-state index in [4.69, 9.17) is 4.74 Å². The van der Waals surface area contributed by atoms with E-state index >= 15 is 0 Å². The molecule has 6 nitrogen and oxygen atoms in total. The van der Waals surface area contributed by atoms with E-state index in [-0.39, 0.29) is 6.03 Å². The van der Waals surface area contributed by atoms with Gasteiger partial charge in [0.05, 0.1) is 0 Å². The quantitative estimate of drug-likeness (QED) is 0.878. The fraction of sp³-hybridized carbons (Fsp3) is 0.368. The summed E-state index contributed by atoms with van der Waals surface area (Å²) in [5.41, 5.74) is 1.02. The number of benzene rings is 1. The second-order valence-electron chi connectivity index (χ2n) is 6.29. The van der Waals surface area contributed by atoms with Gasteiger partial charge in [-0.3, -0.25) is 5.32 Å². The molecule has 0 unspecified atom stereocenters. The zero-order valence-electron chi connectivity index (χ0n) is 14.4. The predicted molar refractivity (Wildman–Crippen MR) is 97.7 cm³/mol. The average molecular weight is 340 g/mol. The molecule has 0 bridgehead atoms. The number of hydrogen-bond donors (Lipinski definition) is 2. The van der Waals surface area contributed by atoms with Gasteiger partial charge in [-0.1, -0.05) is 18.2 Å². The second kappa shape index (κ2) is 8.48. The molecule has 0 aliphatic carbocycles. The van der Waals surface area contributed by atoms with Crippen LogP contribution in [-0.4, -0.2) is 42.2 Å². The van der Waals surface area contributed by atoms with Crippen LogP contribution in [0.2, 0.25) is 0 Å². The van der Waals surface area contributed by atoms with E-state index in [1.807, 2.05) is 30.3 Å². The molecule has 0 atom stereocenters. The second-order valence-corrected chi connectivity index (χ2v) is 6.29. The maximum absolute atomic E-state index is 11.9. The lowest BCUT2D eigenvalue weighted by Gasteiger charge is -2.29. The lowest BCUT2D eigenvalue weighted by atomic mass is 10.1. The van der Waals surface area contributed by atoms with Crippen LogP contribution in [0.15, 0.2) is 48.7 Å². The molecule has 1 aliphatic heterocycles. The number of ether oxygens (including phenoxy) is 1. The van der Waals surface area contributed by atoms with Crippen molar-refractivity contribution in [2.45, 2.75) is 25.5 Å². The van der Waals surface area contributed by atoms with E-state index in [0.29, 0.717) is 18.5 Å². The summed E-state index contributed by atoms with van der Waals surface area (Å²) in [6.45, 7) is 2.61. The summed E-state index contributed by atoms with van der Waals surface area (Å²) in [4.78, 5) is 18.2. The third-order valence-electron chi connectivity index (χ3n) is 4.25. The average Bonchev–Trinajstić information content (AvgIpc) is 2.64. The summed E-state index contributed by atoms with van der Waals surface area (Å²) in [5, 5.41) is 5.51. The van der Waals surface area contributed by atoms with Crippen molar-refractivity contribution in [3.63, 3.8) is 0 Å². The van der Waals surface area contributed by atoms with Gasteiger partial charge in [-0.15, -0.1) is 0 Å². The Kier molecular flexibility index (Phi) is 5.85. The molecule has 3 rings (SSSR count). The first kappa shape index (κ1) is 17.2. The minimum atomic E-state index is -0.273. The summed E-state index contributed by atoms with van der Waals surface area (Å²) in [6.07, 6.45) is 4.06. The largest absolute Gasteiger partial charge is 0.490 e. The monoisotopic (exact) mass is 340 g/mol. The zero-order valence-corrected chi connectivity index (χ0v) is 14.4. The molecular weight excluding hydrogens is 316 g/mol. The molecule has 1 aromatic heterocycles. The lowest BCUT2D eigenvalue weighted by Crippen LogP contribution is -2.35. The Bertz CT molecular complexity index is 668. The highest BCUT2D eigenvalue weighted by Crippen LogP contribution is 2.19. The number of nitrogens with one attached hydrogen (secondary N) is 2. The summed E-state index contributed by atoms with van der Waals surface area (Å²) in [6, 6.07) is 13.0. The minimum Gasteiger partial charge on any atom is -0.490 e. The van der Waals surface area contributed by atoms with Crippen molar-refractivity contribution in [2.75, 3.05) is 25.5 Å². The number of anilines is 1. The highest BCUT2D eigenvalue weighted by molar-refractivity contribution is 5.88. The summed E-state index contributed by atoms with van der Waals surface area (Å²) < 4.78 is 6.03. The van der Waals surface area contributed by atoms with Crippen LogP contribution in [0.5, 0.6) is 5.75 Å². The number of nitrogens with zero attached hydrogens (tertiary/aromatic N) is 2. The van der Waals surface area contributed by atoms with Gasteiger partial charge in [0.25, 0.3) is 0 Å². The Labute approximate surface area is 148 Å². The Hall–Kier alpha value is -2.60. The van der Waals surface area contributed by atoms with Crippen molar-refractivity contribution >= 4 is 11.8 Å². The van der Waals surface area contributed by atoms with Crippen LogP contribution >= 0.6 is 0 Å². The number of piperidine rings is 1. The maximum Gasteiger partial charge on any atom is 0.320 e. The van der Waals surface area contributed by atoms with Crippen molar-refractivity contribution < 1.29 is 9.53 Å². The van der Waals surface area contributed by atoms with Gasteiger partial charge in [0.1, 0.15) is 17.7 Å². The molecule has 1 saturated heterocycles. The van der Waals surface area contributed by atoms with Gasteiger partial charge < -0.3 is 15.0 Å². The first-order chi connectivity index (χ1) is 12.2. The third-order valence-corrected chi connectivity index (χ3v) is 4.25. The Morgan fingerprint density at radius 1 is 1.20 bits per heavy atom. The van der Waals surface area contributed by atoms with Gasteiger partial charge >= 0.3 is 6.03 Å². The molecule has 2 amide bonds. The highest BCUT2D eigenvalue weighted by atomic mass is 16.5. The van der Waals surface area contributed by atoms with E-state index in [0.717, 1.165) is 37.2 Å². The topological polar surface area (TPSA) is 66.5 Å². The molecule has 0 radical (unpaired) electrons. The van der Waals surface area contributed by atoms with Crippen LogP contribution < -0.4 is 15.4 Å². The highest BCUT2D eigenvalue weighted by Gasteiger charge is 2.17. The van der Waals surface area contributed by atoms with Gasteiger partial charge in [0.15, 0.2) is 0 Å². The fourth-order valence-electron chi connectivity index (χ4n) is 2.76. The van der Waals surface area contributed by atoms with Crippen LogP contribution in [0.4, 0.5) is 10.6 Å². The van der Waals surface area contributed by atoms with Crippen molar-refractivity contribution in [1.82, 2.24) is 15.2 Å². The molecule has 132 valence electrons. The molecule has 25 heavy (non-hydrogen) atoms. The van der Waals surface area contributed by atoms with Crippen molar-refractivity contribution in [1.29, 1.82) is 0 Å². The molecule has 1 aromatic carbocycles. The molecule has 1 fully saturated rings. The van der Waals surface area contributed by atoms with E-state index in [2.05, 4.69) is 27.6 Å². The molecule has 6 heteroatoms. The van der Waals surface area contributed by atoms with Gasteiger partial charge in [-0.25, -0.2) is 9.78 Å². The molecule has 0 saturated carbocycles. The molecule has 2 aromatic rings. The number of likely N-dealkylation sites (tertiary alicyclic amines) is 1. The molecule has 1 aliphatic rings. The van der Waals surface area contributed by atoms with E-state index < -0.39 is 0 Å². The fourth-order valence-corrected chi connectivity index (χ4v) is 2.76. The minimum absolute atomic E-state index is 0.273. The lowest BCUT2D eigenvalue weighted by molar-refractivity contribution is 0.114. The van der Waals surface area contributed by atoms with Crippen LogP contribution in [-0.2, 0) is 6.54 Å². The van der Waals surface area contributed by atoms with Crippen molar-refractivity contribution in [2.24, 2.45) is 0 Å². The SMILES string of the molecule is CN1CCC(Oc2ccc(CNC(=O)Nc3ccccn3)cc2)CC1. The molecule has 0 spiro atoms. The Balaban J connectivity index is 1.43. The van der Waals surface area contributed by atoms with Gasteiger partial charge in [-0.05, 0) is 49.7 Å². The summed E-state index contributed by atoms with van der Waals surface area (Å²) in [7, 11) is 2.14. The number of rotatable bonds is 5. The molecule has 2 heterocycles.